The van der Waals surface area contributed by atoms with Gasteiger partial charge in [0, 0.05) is 31.3 Å². The zero-order valence-corrected chi connectivity index (χ0v) is 15.8. The topological polar surface area (TPSA) is 71.5 Å². The molecule has 3 rings (SSSR count). The third kappa shape index (κ3) is 5.38. The zero-order valence-electron chi connectivity index (χ0n) is 15.1. The first-order chi connectivity index (χ1) is 13.7. The highest BCUT2D eigenvalue weighted by Crippen LogP contribution is 2.31. The number of carbonyl (C=O) groups excluding carboxylic acids is 2. The maximum Gasteiger partial charge on any atom is 0.422 e. The first-order valence-electron chi connectivity index (χ1n) is 8.70. The van der Waals surface area contributed by atoms with Gasteiger partial charge in [0.2, 0.25) is 17.7 Å². The summed E-state index contributed by atoms with van der Waals surface area (Å²) in [5, 5.41) is 3.04. The Labute approximate surface area is 169 Å². The van der Waals surface area contributed by atoms with E-state index < -0.39 is 24.6 Å². The molecule has 6 nitrogen and oxygen atoms in total. The summed E-state index contributed by atoms with van der Waals surface area (Å²) in [5.41, 5.74) is 0.835. The number of aromatic nitrogens is 1. The highest BCUT2D eigenvalue weighted by molar-refractivity contribution is 6.33. The predicted molar refractivity (Wildman–Crippen MR) is 99.5 cm³/mol. The summed E-state index contributed by atoms with van der Waals surface area (Å²) in [6.07, 6.45) is -3.18. The minimum absolute atomic E-state index is 0.0154. The van der Waals surface area contributed by atoms with Gasteiger partial charge in [-0.3, -0.25) is 9.59 Å². The summed E-state index contributed by atoms with van der Waals surface area (Å²) in [4.78, 5) is 30.0. The van der Waals surface area contributed by atoms with Crippen LogP contribution in [0, 0.1) is 5.92 Å². The molecule has 1 aliphatic heterocycles. The molecule has 10 heteroatoms. The van der Waals surface area contributed by atoms with Crippen LogP contribution in [0.1, 0.15) is 12.0 Å². The SMILES string of the molecule is O=C(NCc1cccnc1OCC(F)(F)F)C1CC(=O)N(c2ccccc2Cl)C1. The summed E-state index contributed by atoms with van der Waals surface area (Å²) in [6.45, 7) is -1.38. The van der Waals surface area contributed by atoms with Gasteiger partial charge in [-0.2, -0.15) is 13.2 Å². The van der Waals surface area contributed by atoms with Crippen molar-refractivity contribution in [2.45, 2.75) is 19.1 Å². The van der Waals surface area contributed by atoms with Gasteiger partial charge in [0.25, 0.3) is 0 Å². The Bertz CT molecular complexity index is 908. The van der Waals surface area contributed by atoms with Gasteiger partial charge in [0.1, 0.15) is 0 Å². The molecule has 0 spiro atoms. The third-order valence-electron chi connectivity index (χ3n) is 4.31. The lowest BCUT2D eigenvalue weighted by molar-refractivity contribution is -0.154. The summed E-state index contributed by atoms with van der Waals surface area (Å²) >= 11 is 6.12. The van der Waals surface area contributed by atoms with Crippen molar-refractivity contribution in [1.82, 2.24) is 10.3 Å². The van der Waals surface area contributed by atoms with E-state index in [0.717, 1.165) is 0 Å². The molecule has 0 bridgehead atoms. The van der Waals surface area contributed by atoms with Crippen molar-refractivity contribution < 1.29 is 27.5 Å². The smallest absolute Gasteiger partial charge is 0.422 e. The quantitative estimate of drug-likeness (QED) is 0.767. The van der Waals surface area contributed by atoms with E-state index in [1.54, 1.807) is 24.3 Å². The van der Waals surface area contributed by atoms with Gasteiger partial charge >= 0.3 is 6.18 Å². The number of nitrogens with one attached hydrogen (secondary N) is 1. The molecule has 1 fully saturated rings. The Morgan fingerprint density at radius 2 is 2.03 bits per heavy atom. The number of halogens is 4. The maximum absolute atomic E-state index is 12.5. The van der Waals surface area contributed by atoms with Crippen LogP contribution < -0.4 is 15.0 Å². The van der Waals surface area contributed by atoms with E-state index in [2.05, 4.69) is 10.3 Å². The van der Waals surface area contributed by atoms with E-state index in [1.807, 2.05) is 0 Å². The summed E-state index contributed by atoms with van der Waals surface area (Å²) < 4.78 is 41.8. The average molecular weight is 428 g/mol. The van der Waals surface area contributed by atoms with Crippen molar-refractivity contribution in [2.24, 2.45) is 5.92 Å². The van der Waals surface area contributed by atoms with Gasteiger partial charge in [-0.15, -0.1) is 0 Å². The molecule has 154 valence electrons. The summed E-state index contributed by atoms with van der Waals surface area (Å²) in [5.74, 6) is -1.42. The number of para-hydroxylation sites is 1. The second kappa shape index (κ2) is 8.69. The average Bonchev–Trinajstić information content (AvgIpc) is 3.06. The van der Waals surface area contributed by atoms with Crippen LogP contribution in [-0.2, 0) is 16.1 Å². The van der Waals surface area contributed by atoms with Gasteiger partial charge in [-0.25, -0.2) is 4.98 Å². The standard InChI is InChI=1S/C19H17ClF3N3O3/c20-14-5-1-2-6-15(14)26-10-13(8-16(26)27)17(28)25-9-12-4-3-7-24-18(12)29-11-19(21,22)23/h1-7,13H,8-11H2,(H,25,28). The number of hydrogen-bond acceptors (Lipinski definition) is 4. The highest BCUT2D eigenvalue weighted by Gasteiger charge is 2.36. The Kier molecular flexibility index (Phi) is 6.26. The third-order valence-corrected chi connectivity index (χ3v) is 4.63. The molecule has 0 aliphatic carbocycles. The summed E-state index contributed by atoms with van der Waals surface area (Å²) in [6, 6.07) is 9.87. The molecule has 1 unspecified atom stereocenters. The van der Waals surface area contributed by atoms with Crippen molar-refractivity contribution in [2.75, 3.05) is 18.1 Å². The number of carbonyl (C=O) groups is 2. The van der Waals surface area contributed by atoms with Crippen LogP contribution in [-0.4, -0.2) is 36.1 Å². The second-order valence-corrected chi connectivity index (χ2v) is 6.85. The van der Waals surface area contributed by atoms with E-state index in [4.69, 9.17) is 16.3 Å². The Morgan fingerprint density at radius 3 is 2.76 bits per heavy atom. The van der Waals surface area contributed by atoms with Crippen LogP contribution in [0.2, 0.25) is 5.02 Å². The molecular formula is C19H17ClF3N3O3. The predicted octanol–water partition coefficient (Wildman–Crippen LogP) is 3.35. The Morgan fingerprint density at radius 1 is 1.28 bits per heavy atom. The largest absolute Gasteiger partial charge is 0.468 e. The fourth-order valence-electron chi connectivity index (χ4n) is 2.95. The lowest BCUT2D eigenvalue weighted by Crippen LogP contribution is -2.33. The number of pyridine rings is 1. The first-order valence-corrected chi connectivity index (χ1v) is 9.08. The van der Waals surface area contributed by atoms with E-state index in [-0.39, 0.29) is 31.3 Å². The minimum Gasteiger partial charge on any atom is -0.468 e. The van der Waals surface area contributed by atoms with Crippen molar-refractivity contribution in [3.8, 4) is 5.88 Å². The molecule has 1 aromatic heterocycles. The number of ether oxygens (including phenoxy) is 1. The lowest BCUT2D eigenvalue weighted by Gasteiger charge is -2.18. The van der Waals surface area contributed by atoms with Gasteiger partial charge in [-0.05, 0) is 18.2 Å². The van der Waals surface area contributed by atoms with Crippen LogP contribution in [0.25, 0.3) is 0 Å². The molecule has 0 radical (unpaired) electrons. The Balaban J connectivity index is 1.61. The van der Waals surface area contributed by atoms with Gasteiger partial charge in [0.15, 0.2) is 6.61 Å². The van der Waals surface area contributed by atoms with Crippen LogP contribution in [0.4, 0.5) is 18.9 Å². The van der Waals surface area contributed by atoms with Crippen molar-refractivity contribution in [3.63, 3.8) is 0 Å². The summed E-state index contributed by atoms with van der Waals surface area (Å²) in [7, 11) is 0. The fourth-order valence-corrected chi connectivity index (χ4v) is 3.19. The van der Waals surface area contributed by atoms with Crippen molar-refractivity contribution in [3.05, 3.63) is 53.2 Å². The molecule has 1 aliphatic rings. The maximum atomic E-state index is 12.5. The molecule has 1 saturated heterocycles. The van der Waals surface area contributed by atoms with Crippen molar-refractivity contribution >= 4 is 29.1 Å². The first kappa shape index (κ1) is 20.9. The molecule has 29 heavy (non-hydrogen) atoms. The molecule has 1 atom stereocenters. The van der Waals surface area contributed by atoms with E-state index >= 15 is 0 Å². The minimum atomic E-state index is -4.50. The number of benzene rings is 1. The van der Waals surface area contributed by atoms with Gasteiger partial charge in [0.05, 0.1) is 16.6 Å². The van der Waals surface area contributed by atoms with Crippen LogP contribution in [0.3, 0.4) is 0 Å². The normalized spacial score (nSPS) is 16.8. The Hall–Kier alpha value is -2.81. The molecular weight excluding hydrogens is 411 g/mol. The molecule has 2 amide bonds. The van der Waals surface area contributed by atoms with E-state index in [0.29, 0.717) is 16.3 Å². The molecule has 0 saturated carbocycles. The molecule has 1 N–H and O–H groups in total. The number of nitrogens with zero attached hydrogens (tertiary/aromatic N) is 2. The monoisotopic (exact) mass is 427 g/mol. The number of rotatable bonds is 6. The molecule has 2 aromatic rings. The van der Waals surface area contributed by atoms with E-state index in [1.165, 1.54) is 23.2 Å². The molecule has 2 heterocycles. The van der Waals surface area contributed by atoms with Crippen molar-refractivity contribution in [1.29, 1.82) is 0 Å². The highest BCUT2D eigenvalue weighted by atomic mass is 35.5. The number of hydrogen-bond donors (Lipinski definition) is 1. The lowest BCUT2D eigenvalue weighted by atomic mass is 10.1. The van der Waals surface area contributed by atoms with Crippen LogP contribution in [0.15, 0.2) is 42.6 Å². The number of amides is 2. The fraction of sp³-hybridized carbons (Fsp3) is 0.316. The molecule has 1 aromatic carbocycles. The van der Waals surface area contributed by atoms with Gasteiger partial charge in [-0.1, -0.05) is 29.8 Å². The number of alkyl halides is 3. The zero-order chi connectivity index (χ0) is 21.0. The van der Waals surface area contributed by atoms with Crippen LogP contribution >= 0.6 is 11.6 Å². The van der Waals surface area contributed by atoms with E-state index in [9.17, 15) is 22.8 Å². The van der Waals surface area contributed by atoms with Crippen LogP contribution in [0.5, 0.6) is 5.88 Å². The second-order valence-electron chi connectivity index (χ2n) is 6.45. The van der Waals surface area contributed by atoms with Gasteiger partial charge < -0.3 is 15.0 Å². The number of anilines is 1.